The van der Waals surface area contributed by atoms with Crippen molar-refractivity contribution in [3.63, 3.8) is 0 Å². The van der Waals surface area contributed by atoms with Gasteiger partial charge in [0.2, 0.25) is 0 Å². The first-order valence-corrected chi connectivity index (χ1v) is 6.24. The van der Waals surface area contributed by atoms with E-state index in [2.05, 4.69) is 0 Å². The molecule has 1 aromatic carbocycles. The minimum atomic E-state index is -0.860. The molecule has 0 aliphatic carbocycles. The zero-order valence-electron chi connectivity index (χ0n) is 11.0. The van der Waals surface area contributed by atoms with Crippen LogP contribution >= 0.6 is 0 Å². The molecule has 1 aliphatic rings. The monoisotopic (exact) mass is 263 g/mol. The van der Waals surface area contributed by atoms with Crippen LogP contribution in [-0.4, -0.2) is 35.2 Å². The lowest BCUT2D eigenvalue weighted by molar-refractivity contribution is -0.141. The van der Waals surface area contributed by atoms with Crippen LogP contribution in [0.4, 0.5) is 4.79 Å². The molecule has 1 amide bonds. The van der Waals surface area contributed by atoms with Gasteiger partial charge < -0.3 is 14.7 Å². The highest BCUT2D eigenvalue weighted by Crippen LogP contribution is 2.20. The first-order chi connectivity index (χ1) is 8.97. The Labute approximate surface area is 111 Å². The second-order valence-corrected chi connectivity index (χ2v) is 4.88. The molecule has 1 aliphatic heterocycles. The van der Waals surface area contributed by atoms with Gasteiger partial charge in [-0.1, -0.05) is 6.07 Å². The average Bonchev–Trinajstić information content (AvgIpc) is 2.83. The predicted octanol–water partition coefficient (Wildman–Crippen LogP) is 2.21. The predicted molar refractivity (Wildman–Crippen MR) is 69.3 cm³/mol. The molecule has 1 unspecified atom stereocenters. The van der Waals surface area contributed by atoms with Gasteiger partial charge in [0.15, 0.2) is 0 Å². The first-order valence-electron chi connectivity index (χ1n) is 6.24. The maximum atomic E-state index is 11.9. The Hall–Kier alpha value is -2.04. The van der Waals surface area contributed by atoms with Gasteiger partial charge in [-0.25, -0.2) is 4.79 Å². The minimum Gasteiger partial charge on any atom is -0.481 e. The van der Waals surface area contributed by atoms with Crippen LogP contribution < -0.4 is 4.74 Å². The first kappa shape index (κ1) is 13.4. The Kier molecular flexibility index (Phi) is 3.74. The third kappa shape index (κ3) is 3.05. The van der Waals surface area contributed by atoms with E-state index in [1.54, 1.807) is 12.1 Å². The van der Waals surface area contributed by atoms with Crippen LogP contribution in [0.2, 0.25) is 0 Å². The Bertz CT molecular complexity index is 512. The van der Waals surface area contributed by atoms with Gasteiger partial charge >= 0.3 is 12.1 Å². The molecular formula is C14H17NO4. The number of nitrogens with zero attached hydrogens (tertiary/aromatic N) is 1. The lowest BCUT2D eigenvalue weighted by atomic mass is 10.1. The van der Waals surface area contributed by atoms with Crippen molar-refractivity contribution in [2.24, 2.45) is 5.92 Å². The zero-order chi connectivity index (χ0) is 14.0. The summed E-state index contributed by atoms with van der Waals surface area (Å²) in [5, 5.41) is 8.89. The minimum absolute atomic E-state index is 0.221. The molecule has 19 heavy (non-hydrogen) atoms. The molecule has 2 rings (SSSR count). The fraction of sp³-hybridized carbons (Fsp3) is 0.429. The number of benzene rings is 1. The fourth-order valence-corrected chi connectivity index (χ4v) is 2.07. The second-order valence-electron chi connectivity index (χ2n) is 4.88. The van der Waals surface area contributed by atoms with Crippen LogP contribution in [0.5, 0.6) is 5.75 Å². The summed E-state index contributed by atoms with van der Waals surface area (Å²) in [7, 11) is 0. The molecule has 0 bridgehead atoms. The smallest absolute Gasteiger partial charge is 0.415 e. The van der Waals surface area contributed by atoms with Crippen molar-refractivity contribution < 1.29 is 19.4 Å². The molecule has 102 valence electrons. The van der Waals surface area contributed by atoms with Gasteiger partial charge in [-0.05, 0) is 43.5 Å². The molecule has 0 aromatic heterocycles. The van der Waals surface area contributed by atoms with Crippen molar-refractivity contribution in [1.29, 1.82) is 0 Å². The molecule has 1 heterocycles. The summed E-state index contributed by atoms with van der Waals surface area (Å²) in [4.78, 5) is 24.2. The van der Waals surface area contributed by atoms with Gasteiger partial charge in [0.1, 0.15) is 5.75 Å². The van der Waals surface area contributed by atoms with Crippen molar-refractivity contribution in [1.82, 2.24) is 4.90 Å². The highest BCUT2D eigenvalue weighted by atomic mass is 16.6. The largest absolute Gasteiger partial charge is 0.481 e. The highest BCUT2D eigenvalue weighted by molar-refractivity contribution is 5.75. The number of hydrogen-bond acceptors (Lipinski definition) is 3. The maximum Gasteiger partial charge on any atom is 0.415 e. The fourth-order valence-electron chi connectivity index (χ4n) is 2.07. The summed E-state index contributed by atoms with van der Waals surface area (Å²) in [6, 6.07) is 5.44. The zero-order valence-corrected chi connectivity index (χ0v) is 11.0. The van der Waals surface area contributed by atoms with Crippen LogP contribution in [0.3, 0.4) is 0 Å². The van der Waals surface area contributed by atoms with E-state index >= 15 is 0 Å². The van der Waals surface area contributed by atoms with Gasteiger partial charge in [0, 0.05) is 13.1 Å². The molecule has 0 spiro atoms. The number of carboxylic acid groups (broad SMARTS) is 1. The molecule has 5 heteroatoms. The van der Waals surface area contributed by atoms with Crippen LogP contribution in [0.1, 0.15) is 17.5 Å². The van der Waals surface area contributed by atoms with Crippen LogP contribution in [0.25, 0.3) is 0 Å². The average molecular weight is 263 g/mol. The van der Waals surface area contributed by atoms with Gasteiger partial charge in [-0.15, -0.1) is 0 Å². The second kappa shape index (κ2) is 5.30. The Morgan fingerprint density at radius 1 is 1.32 bits per heavy atom. The van der Waals surface area contributed by atoms with E-state index in [0.29, 0.717) is 18.7 Å². The number of likely N-dealkylation sites (tertiary alicyclic amines) is 1. The Morgan fingerprint density at radius 3 is 2.63 bits per heavy atom. The van der Waals surface area contributed by atoms with Crippen molar-refractivity contribution in [3.8, 4) is 5.75 Å². The van der Waals surface area contributed by atoms with Crippen LogP contribution in [0.15, 0.2) is 18.2 Å². The third-order valence-corrected chi connectivity index (χ3v) is 3.48. The number of rotatable bonds is 2. The van der Waals surface area contributed by atoms with E-state index < -0.39 is 18.0 Å². The van der Waals surface area contributed by atoms with Crippen molar-refractivity contribution in [3.05, 3.63) is 29.3 Å². The van der Waals surface area contributed by atoms with E-state index in [9.17, 15) is 9.59 Å². The Morgan fingerprint density at radius 2 is 2.05 bits per heavy atom. The number of aliphatic carboxylic acids is 1. The van der Waals surface area contributed by atoms with E-state index in [1.165, 1.54) is 4.90 Å². The number of aryl methyl sites for hydroxylation is 2. The number of carboxylic acids is 1. The van der Waals surface area contributed by atoms with Crippen LogP contribution in [-0.2, 0) is 4.79 Å². The standard InChI is InChI=1S/C14H17NO4/c1-9-3-4-12(7-10(9)2)19-14(18)15-6-5-11(8-15)13(16)17/h3-4,7,11H,5-6,8H2,1-2H3,(H,16,17). The lowest BCUT2D eigenvalue weighted by Gasteiger charge is -2.15. The molecular weight excluding hydrogens is 246 g/mol. The normalized spacial score (nSPS) is 18.4. The molecule has 0 saturated carbocycles. The van der Waals surface area contributed by atoms with Gasteiger partial charge in [0.05, 0.1) is 5.92 Å². The molecule has 1 fully saturated rings. The molecule has 1 aromatic rings. The van der Waals surface area contributed by atoms with E-state index in [0.717, 1.165) is 11.1 Å². The summed E-state index contributed by atoms with van der Waals surface area (Å²) >= 11 is 0. The maximum absolute atomic E-state index is 11.9. The summed E-state index contributed by atoms with van der Waals surface area (Å²) in [6.07, 6.45) is 0.00386. The number of amides is 1. The Balaban J connectivity index is 1.98. The quantitative estimate of drug-likeness (QED) is 0.888. The molecule has 1 N–H and O–H groups in total. The van der Waals surface area contributed by atoms with E-state index in [-0.39, 0.29) is 6.54 Å². The van der Waals surface area contributed by atoms with Crippen molar-refractivity contribution in [2.75, 3.05) is 13.1 Å². The summed E-state index contributed by atoms with van der Waals surface area (Å²) in [5.74, 6) is -0.847. The SMILES string of the molecule is Cc1ccc(OC(=O)N2CCC(C(=O)O)C2)cc1C. The number of carbonyl (C=O) groups excluding carboxylic acids is 1. The van der Waals surface area contributed by atoms with Gasteiger partial charge in [-0.3, -0.25) is 4.79 Å². The van der Waals surface area contributed by atoms with Gasteiger partial charge in [-0.2, -0.15) is 0 Å². The van der Waals surface area contributed by atoms with E-state index in [4.69, 9.17) is 9.84 Å². The van der Waals surface area contributed by atoms with Crippen LogP contribution in [0, 0.1) is 19.8 Å². The van der Waals surface area contributed by atoms with Crippen molar-refractivity contribution >= 4 is 12.1 Å². The number of hydrogen-bond donors (Lipinski definition) is 1. The van der Waals surface area contributed by atoms with E-state index in [1.807, 2.05) is 19.9 Å². The third-order valence-electron chi connectivity index (χ3n) is 3.48. The number of carbonyl (C=O) groups is 2. The molecule has 0 radical (unpaired) electrons. The summed E-state index contributed by atoms with van der Waals surface area (Å²) in [5.41, 5.74) is 2.18. The lowest BCUT2D eigenvalue weighted by Crippen LogP contribution is -2.32. The summed E-state index contributed by atoms with van der Waals surface area (Å²) < 4.78 is 5.26. The molecule has 1 saturated heterocycles. The highest BCUT2D eigenvalue weighted by Gasteiger charge is 2.31. The number of ether oxygens (including phenoxy) is 1. The summed E-state index contributed by atoms with van der Waals surface area (Å²) in [6.45, 7) is 4.58. The molecule has 1 atom stereocenters. The van der Waals surface area contributed by atoms with Gasteiger partial charge in [0.25, 0.3) is 0 Å². The molecule has 5 nitrogen and oxygen atoms in total. The topological polar surface area (TPSA) is 66.8 Å². The van der Waals surface area contributed by atoms with Crippen molar-refractivity contribution in [2.45, 2.75) is 20.3 Å².